The summed E-state index contributed by atoms with van der Waals surface area (Å²) in [6, 6.07) is 23.0. The number of thiophene rings is 1. The average molecular weight is 488 g/mol. The zero-order valence-electron chi connectivity index (χ0n) is 17.8. The molecular formula is C26H19N2O4S2+. The van der Waals surface area contributed by atoms with E-state index in [2.05, 4.69) is 4.72 Å². The number of carbonyl (C=O) groups is 2. The van der Waals surface area contributed by atoms with E-state index in [0.29, 0.717) is 6.42 Å². The Kier molecular flexibility index (Phi) is 5.69. The smallest absolute Gasteiger partial charge is 0.287 e. The lowest BCUT2D eigenvalue weighted by Gasteiger charge is -2.18. The van der Waals surface area contributed by atoms with Crippen molar-refractivity contribution in [1.29, 1.82) is 0 Å². The van der Waals surface area contributed by atoms with E-state index >= 15 is 0 Å². The average Bonchev–Trinajstić information content (AvgIpc) is 3.40. The molecule has 8 heteroatoms. The standard InChI is InChI=1S/C26H18N2O4S2/c29-25-20-11-4-5-12-21(20)26(30)24(23(25)27-34(31,32)22-13-7-15-33-22)28-14-6-10-19(17-28)16-18-8-2-1-3-9-18/h1-15,17H,16H2/p+1. The number of carbonyl (C=O) groups excluding carboxylic acids is 2. The van der Waals surface area contributed by atoms with Gasteiger partial charge in [-0.25, -0.2) is 8.42 Å². The summed E-state index contributed by atoms with van der Waals surface area (Å²) in [5.74, 6) is -0.979. The van der Waals surface area contributed by atoms with Gasteiger partial charge in [-0.2, -0.15) is 4.57 Å². The number of hydrogen-bond acceptors (Lipinski definition) is 5. The van der Waals surface area contributed by atoms with Crippen LogP contribution in [0.4, 0.5) is 0 Å². The third kappa shape index (κ3) is 4.09. The van der Waals surface area contributed by atoms with Crippen LogP contribution >= 0.6 is 11.3 Å². The topological polar surface area (TPSA) is 84.2 Å². The summed E-state index contributed by atoms with van der Waals surface area (Å²) in [5, 5.41) is 1.63. The number of nitrogens with zero attached hydrogens (tertiary/aromatic N) is 1. The number of hydrogen-bond donors (Lipinski definition) is 1. The third-order valence-corrected chi connectivity index (χ3v) is 8.21. The van der Waals surface area contributed by atoms with Gasteiger partial charge < -0.3 is 0 Å². The summed E-state index contributed by atoms with van der Waals surface area (Å²) in [5.41, 5.74) is 2.10. The van der Waals surface area contributed by atoms with E-state index < -0.39 is 21.6 Å². The van der Waals surface area contributed by atoms with Gasteiger partial charge in [-0.1, -0.05) is 60.7 Å². The van der Waals surface area contributed by atoms with E-state index in [0.717, 1.165) is 22.5 Å². The van der Waals surface area contributed by atoms with Crippen molar-refractivity contribution in [2.75, 3.05) is 0 Å². The van der Waals surface area contributed by atoms with Gasteiger partial charge in [0.25, 0.3) is 21.5 Å². The second kappa shape index (κ2) is 8.81. The van der Waals surface area contributed by atoms with Gasteiger partial charge >= 0.3 is 0 Å². The van der Waals surface area contributed by atoms with Crippen LogP contribution in [0.1, 0.15) is 31.8 Å². The predicted octanol–water partition coefficient (Wildman–Crippen LogP) is 3.85. The van der Waals surface area contributed by atoms with Crippen molar-refractivity contribution in [3.63, 3.8) is 0 Å². The third-order valence-electron chi connectivity index (χ3n) is 5.46. The minimum Gasteiger partial charge on any atom is -0.287 e. The Morgan fingerprint density at radius 1 is 0.765 bits per heavy atom. The monoisotopic (exact) mass is 487 g/mol. The molecule has 0 bridgehead atoms. The lowest BCUT2D eigenvalue weighted by atomic mass is 9.90. The van der Waals surface area contributed by atoms with Crippen LogP contribution in [-0.2, 0) is 16.4 Å². The van der Waals surface area contributed by atoms with Gasteiger partial charge in [0.05, 0.1) is 0 Å². The van der Waals surface area contributed by atoms with E-state index in [9.17, 15) is 18.0 Å². The molecule has 0 saturated heterocycles. The molecule has 34 heavy (non-hydrogen) atoms. The van der Waals surface area contributed by atoms with Gasteiger partial charge in [0, 0.05) is 29.2 Å². The van der Waals surface area contributed by atoms with Crippen LogP contribution in [0, 0.1) is 0 Å². The first kappa shape index (κ1) is 21.9. The zero-order chi connectivity index (χ0) is 23.7. The molecule has 0 unspecified atom stereocenters. The number of sulfonamides is 1. The molecule has 0 saturated carbocycles. The lowest BCUT2D eigenvalue weighted by Crippen LogP contribution is -2.44. The van der Waals surface area contributed by atoms with E-state index in [4.69, 9.17) is 0 Å². The summed E-state index contributed by atoms with van der Waals surface area (Å²) >= 11 is 1.03. The first-order valence-electron chi connectivity index (χ1n) is 10.5. The lowest BCUT2D eigenvalue weighted by molar-refractivity contribution is -0.577. The van der Waals surface area contributed by atoms with Gasteiger partial charge in [0.15, 0.2) is 18.1 Å². The Morgan fingerprint density at radius 2 is 1.44 bits per heavy atom. The summed E-state index contributed by atoms with van der Waals surface area (Å²) in [7, 11) is -4.05. The van der Waals surface area contributed by atoms with Crippen molar-refractivity contribution in [2.24, 2.45) is 0 Å². The number of benzene rings is 2. The van der Waals surface area contributed by atoms with E-state index in [-0.39, 0.29) is 26.7 Å². The van der Waals surface area contributed by atoms with E-state index in [1.807, 2.05) is 36.4 Å². The Balaban J connectivity index is 1.64. The second-order valence-corrected chi connectivity index (χ2v) is 10.6. The highest BCUT2D eigenvalue weighted by Crippen LogP contribution is 2.27. The maximum Gasteiger partial charge on any atom is 0.287 e. The van der Waals surface area contributed by atoms with Crippen LogP contribution in [0.3, 0.4) is 0 Å². The highest BCUT2D eigenvalue weighted by molar-refractivity contribution is 7.91. The Hall–Kier alpha value is -3.88. The second-order valence-electron chi connectivity index (χ2n) is 7.75. The maximum absolute atomic E-state index is 13.6. The molecule has 0 radical (unpaired) electrons. The largest absolute Gasteiger partial charge is 0.287 e. The SMILES string of the molecule is O=C1C(NS(=O)(=O)c2cccs2)=C([n+]2cccc(Cc3ccccc3)c2)C(=O)c2ccccc21. The molecule has 1 aliphatic rings. The number of Topliss-reactive ketones (excluding diaryl/α,β-unsaturated/α-hetero) is 2. The number of aromatic nitrogens is 1. The summed E-state index contributed by atoms with van der Waals surface area (Å²) < 4.78 is 30.0. The molecule has 2 heterocycles. The van der Waals surface area contributed by atoms with Crippen LogP contribution in [0.25, 0.3) is 5.70 Å². The van der Waals surface area contributed by atoms with Crippen molar-refractivity contribution >= 4 is 38.6 Å². The Labute approximate surface area is 200 Å². The molecule has 4 aromatic rings. The summed E-state index contributed by atoms with van der Waals surface area (Å²) in [6.45, 7) is 0. The number of nitrogens with one attached hydrogen (secondary N) is 1. The fraction of sp³-hybridized carbons (Fsp3) is 0.0385. The Morgan fingerprint density at radius 3 is 2.15 bits per heavy atom. The van der Waals surface area contributed by atoms with Crippen molar-refractivity contribution in [2.45, 2.75) is 10.6 Å². The number of allylic oxidation sites excluding steroid dienone is 2. The molecule has 6 nitrogen and oxygen atoms in total. The predicted molar refractivity (Wildman–Crippen MR) is 129 cm³/mol. The molecule has 2 aromatic carbocycles. The molecule has 2 aromatic heterocycles. The number of fused-ring (bicyclic) bond motifs is 1. The van der Waals surface area contributed by atoms with Crippen molar-refractivity contribution in [1.82, 2.24) is 4.72 Å². The maximum atomic E-state index is 13.6. The summed E-state index contributed by atoms with van der Waals surface area (Å²) in [6.07, 6.45) is 4.01. The molecule has 0 fully saturated rings. The molecule has 0 atom stereocenters. The fourth-order valence-corrected chi connectivity index (χ4v) is 5.97. The van der Waals surface area contributed by atoms with Gasteiger partial charge in [0.1, 0.15) is 4.21 Å². The molecule has 0 aliphatic heterocycles. The van der Waals surface area contributed by atoms with Gasteiger partial charge in [-0.15, -0.1) is 11.3 Å². The van der Waals surface area contributed by atoms with E-state index in [1.54, 1.807) is 48.1 Å². The zero-order valence-corrected chi connectivity index (χ0v) is 19.5. The minimum atomic E-state index is -4.05. The number of ketones is 2. The summed E-state index contributed by atoms with van der Waals surface area (Å²) in [4.78, 5) is 27.0. The van der Waals surface area contributed by atoms with Crippen LogP contribution in [-0.4, -0.2) is 20.0 Å². The van der Waals surface area contributed by atoms with Crippen LogP contribution in [0.2, 0.25) is 0 Å². The van der Waals surface area contributed by atoms with Crippen molar-refractivity contribution < 1.29 is 22.6 Å². The highest BCUT2D eigenvalue weighted by atomic mass is 32.2. The molecule has 0 spiro atoms. The first-order valence-corrected chi connectivity index (χ1v) is 12.8. The van der Waals surface area contributed by atoms with Crippen molar-refractivity contribution in [3.8, 4) is 0 Å². The van der Waals surface area contributed by atoms with Gasteiger partial charge in [0.2, 0.25) is 5.78 Å². The molecule has 5 rings (SSSR count). The fourth-order valence-electron chi connectivity index (χ4n) is 3.90. The van der Waals surface area contributed by atoms with Crippen molar-refractivity contribution in [3.05, 3.63) is 125 Å². The van der Waals surface area contributed by atoms with Crippen LogP contribution in [0.5, 0.6) is 0 Å². The molecule has 168 valence electrons. The van der Waals surface area contributed by atoms with Crippen LogP contribution in [0.15, 0.2) is 107 Å². The number of pyridine rings is 1. The van der Waals surface area contributed by atoms with Gasteiger partial charge in [-0.05, 0) is 23.1 Å². The van der Waals surface area contributed by atoms with Crippen LogP contribution < -0.4 is 9.29 Å². The molecular weight excluding hydrogens is 468 g/mol. The molecule has 1 N–H and O–H groups in total. The Bertz CT molecular complexity index is 1540. The quantitative estimate of drug-likeness (QED) is 0.419. The molecule has 0 amide bonds. The molecule has 1 aliphatic carbocycles. The normalized spacial score (nSPS) is 13.6. The number of rotatable bonds is 6. The van der Waals surface area contributed by atoms with E-state index in [1.165, 1.54) is 16.7 Å². The minimum absolute atomic E-state index is 0.0289. The highest BCUT2D eigenvalue weighted by Gasteiger charge is 2.40. The van der Waals surface area contributed by atoms with Gasteiger partial charge in [-0.3, -0.25) is 14.3 Å². The first-order chi connectivity index (χ1) is 16.4.